The second-order valence-electron chi connectivity index (χ2n) is 4.74. The van der Waals surface area contributed by atoms with Gasteiger partial charge in [0, 0.05) is 17.3 Å². The first-order chi connectivity index (χ1) is 11.1. The Morgan fingerprint density at radius 1 is 1.30 bits per heavy atom. The highest BCUT2D eigenvalue weighted by atomic mass is 127. The van der Waals surface area contributed by atoms with Crippen molar-refractivity contribution in [2.75, 3.05) is 5.32 Å². The van der Waals surface area contributed by atoms with Crippen molar-refractivity contribution in [3.05, 3.63) is 57.9 Å². The summed E-state index contributed by atoms with van der Waals surface area (Å²) in [5, 5.41) is 10.3. The minimum absolute atomic E-state index is 0.248. The fourth-order valence-corrected chi connectivity index (χ4v) is 2.37. The largest absolute Gasteiger partial charge is 0.451 e. The van der Waals surface area contributed by atoms with Gasteiger partial charge in [-0.15, -0.1) is 10.2 Å². The number of furan rings is 1. The molecule has 0 saturated heterocycles. The number of aromatic nitrogens is 2. The predicted octanol–water partition coefficient (Wildman–Crippen LogP) is 3.89. The molecule has 3 aromatic rings. The van der Waals surface area contributed by atoms with Gasteiger partial charge in [-0.2, -0.15) is 0 Å². The van der Waals surface area contributed by atoms with Crippen molar-refractivity contribution in [1.29, 1.82) is 0 Å². The van der Waals surface area contributed by atoms with Crippen LogP contribution in [0.4, 0.5) is 5.69 Å². The summed E-state index contributed by atoms with van der Waals surface area (Å²) in [6, 6.07) is 9.17. The fraction of sp³-hybridized carbons (Fsp3) is 0.0625. The zero-order valence-corrected chi connectivity index (χ0v) is 14.3. The molecule has 2 heterocycles. The number of rotatable bonds is 4. The Balaban J connectivity index is 1.75. The summed E-state index contributed by atoms with van der Waals surface area (Å²) in [7, 11) is 0. The Morgan fingerprint density at radius 2 is 2.17 bits per heavy atom. The highest BCUT2D eigenvalue weighted by molar-refractivity contribution is 14.1. The monoisotopic (exact) mass is 421 g/mol. The molecule has 0 unspecified atom stereocenters. The lowest BCUT2D eigenvalue weighted by molar-refractivity contribution is -0.111. The van der Waals surface area contributed by atoms with Crippen molar-refractivity contribution in [3.63, 3.8) is 0 Å². The topological polar surface area (TPSA) is 81.2 Å². The lowest BCUT2D eigenvalue weighted by Gasteiger charge is -2.07. The van der Waals surface area contributed by atoms with Crippen LogP contribution in [0.3, 0.4) is 0 Å². The molecule has 116 valence electrons. The molecule has 0 saturated carbocycles. The van der Waals surface area contributed by atoms with E-state index in [2.05, 4.69) is 38.1 Å². The maximum absolute atomic E-state index is 12.0. The van der Waals surface area contributed by atoms with Gasteiger partial charge in [0.15, 0.2) is 3.77 Å². The number of anilines is 1. The summed E-state index contributed by atoms with van der Waals surface area (Å²) in [5.41, 5.74) is 2.36. The van der Waals surface area contributed by atoms with E-state index < -0.39 is 0 Å². The Morgan fingerprint density at radius 3 is 2.87 bits per heavy atom. The molecule has 0 aliphatic heterocycles. The first kappa shape index (κ1) is 15.5. The molecular formula is C16H12IN3O3. The van der Waals surface area contributed by atoms with Crippen LogP contribution in [0.5, 0.6) is 0 Å². The van der Waals surface area contributed by atoms with E-state index in [-0.39, 0.29) is 5.91 Å². The lowest BCUT2D eigenvalue weighted by atomic mass is 10.1. The van der Waals surface area contributed by atoms with Crippen LogP contribution < -0.4 is 5.32 Å². The minimum atomic E-state index is -0.248. The van der Waals surface area contributed by atoms with Gasteiger partial charge >= 0.3 is 0 Å². The van der Waals surface area contributed by atoms with Gasteiger partial charge in [-0.1, -0.05) is 6.07 Å². The number of benzene rings is 1. The second kappa shape index (κ2) is 6.78. The van der Waals surface area contributed by atoms with Crippen LogP contribution >= 0.6 is 22.6 Å². The first-order valence-electron chi connectivity index (χ1n) is 6.73. The number of aryl methyl sites for hydroxylation is 1. The molecule has 0 radical (unpaired) electrons. The van der Waals surface area contributed by atoms with E-state index in [1.807, 2.05) is 25.1 Å². The van der Waals surface area contributed by atoms with Crippen LogP contribution in [0, 0.1) is 10.7 Å². The number of hydrogen-bond acceptors (Lipinski definition) is 5. The van der Waals surface area contributed by atoms with Crippen LogP contribution in [0.25, 0.3) is 17.5 Å². The molecular weight excluding hydrogens is 409 g/mol. The summed E-state index contributed by atoms with van der Waals surface area (Å²) in [5.74, 6) is 0.782. The second-order valence-corrected chi connectivity index (χ2v) is 5.80. The van der Waals surface area contributed by atoms with Crippen LogP contribution in [-0.4, -0.2) is 16.1 Å². The molecule has 2 aromatic heterocycles. The molecule has 0 fully saturated rings. The van der Waals surface area contributed by atoms with Gasteiger partial charge < -0.3 is 14.2 Å². The van der Waals surface area contributed by atoms with Crippen LogP contribution in [-0.2, 0) is 4.79 Å². The number of hydrogen-bond donors (Lipinski definition) is 1. The van der Waals surface area contributed by atoms with E-state index in [0.29, 0.717) is 17.3 Å². The molecule has 0 aliphatic carbocycles. The Bertz CT molecular complexity index is 853. The van der Waals surface area contributed by atoms with Gasteiger partial charge in [0.1, 0.15) is 5.76 Å². The molecule has 7 heteroatoms. The summed E-state index contributed by atoms with van der Waals surface area (Å²) >= 11 is 2.07. The van der Waals surface area contributed by atoms with Gasteiger partial charge in [0.05, 0.1) is 0 Å². The maximum atomic E-state index is 12.0. The quantitative estimate of drug-likeness (QED) is 0.511. The van der Waals surface area contributed by atoms with Gasteiger partial charge in [-0.05, 0) is 65.4 Å². The van der Waals surface area contributed by atoms with E-state index in [4.69, 9.17) is 8.83 Å². The minimum Gasteiger partial charge on any atom is -0.451 e. The normalized spacial score (nSPS) is 11.0. The van der Waals surface area contributed by atoms with Crippen LogP contribution in [0.15, 0.2) is 51.6 Å². The van der Waals surface area contributed by atoms with Gasteiger partial charge in [-0.3, -0.25) is 4.79 Å². The zero-order valence-electron chi connectivity index (χ0n) is 12.1. The molecule has 0 atom stereocenters. The highest BCUT2D eigenvalue weighted by Gasteiger charge is 2.08. The average Bonchev–Trinajstić information content (AvgIpc) is 3.19. The Labute approximate surface area is 145 Å². The maximum Gasteiger partial charge on any atom is 0.248 e. The number of nitrogens with zero attached hydrogens (tertiary/aromatic N) is 2. The van der Waals surface area contributed by atoms with Crippen molar-refractivity contribution < 1.29 is 13.6 Å². The van der Waals surface area contributed by atoms with Crippen molar-refractivity contribution in [3.8, 4) is 11.5 Å². The van der Waals surface area contributed by atoms with Crippen molar-refractivity contribution in [1.82, 2.24) is 10.2 Å². The molecule has 0 aliphatic rings. The summed E-state index contributed by atoms with van der Waals surface area (Å²) < 4.78 is 11.3. The molecule has 1 aromatic carbocycles. The third-order valence-electron chi connectivity index (χ3n) is 3.10. The number of carbonyl (C=O) groups excluding carboxylic acids is 1. The summed E-state index contributed by atoms with van der Waals surface area (Å²) in [6.45, 7) is 1.91. The number of amides is 1. The SMILES string of the molecule is Cc1ccc(-c2nnco2)cc1NC(=O)/C=C/c1ccc(I)o1. The van der Waals surface area contributed by atoms with Gasteiger partial charge in [-0.25, -0.2) is 0 Å². The fourth-order valence-electron chi connectivity index (χ4n) is 1.94. The van der Waals surface area contributed by atoms with E-state index in [9.17, 15) is 4.79 Å². The third kappa shape index (κ3) is 3.86. The molecule has 0 spiro atoms. The highest BCUT2D eigenvalue weighted by Crippen LogP contribution is 2.24. The number of carbonyl (C=O) groups is 1. The Hall–Kier alpha value is -2.42. The number of halogens is 1. The molecule has 1 amide bonds. The van der Waals surface area contributed by atoms with E-state index in [1.54, 1.807) is 18.2 Å². The van der Waals surface area contributed by atoms with E-state index in [1.165, 1.54) is 12.5 Å². The van der Waals surface area contributed by atoms with Crippen molar-refractivity contribution >= 4 is 40.3 Å². The van der Waals surface area contributed by atoms with E-state index >= 15 is 0 Å². The molecule has 23 heavy (non-hydrogen) atoms. The smallest absolute Gasteiger partial charge is 0.248 e. The van der Waals surface area contributed by atoms with Crippen LogP contribution in [0.2, 0.25) is 0 Å². The van der Waals surface area contributed by atoms with Crippen molar-refractivity contribution in [2.45, 2.75) is 6.92 Å². The van der Waals surface area contributed by atoms with Gasteiger partial charge in [0.2, 0.25) is 18.2 Å². The third-order valence-corrected chi connectivity index (χ3v) is 3.68. The summed E-state index contributed by atoms with van der Waals surface area (Å²) in [6.07, 6.45) is 4.31. The zero-order chi connectivity index (χ0) is 16.2. The average molecular weight is 421 g/mol. The van der Waals surface area contributed by atoms with Crippen LogP contribution in [0.1, 0.15) is 11.3 Å². The predicted molar refractivity (Wildman–Crippen MR) is 93.6 cm³/mol. The molecule has 3 rings (SSSR count). The molecule has 0 bridgehead atoms. The Kier molecular flexibility index (Phi) is 4.56. The summed E-state index contributed by atoms with van der Waals surface area (Å²) in [4.78, 5) is 12.0. The first-order valence-corrected chi connectivity index (χ1v) is 7.81. The van der Waals surface area contributed by atoms with E-state index in [0.717, 1.165) is 14.9 Å². The lowest BCUT2D eigenvalue weighted by Crippen LogP contribution is -2.09. The molecule has 6 nitrogen and oxygen atoms in total. The molecule has 1 N–H and O–H groups in total. The van der Waals surface area contributed by atoms with Gasteiger partial charge in [0.25, 0.3) is 0 Å². The number of nitrogens with one attached hydrogen (secondary N) is 1. The van der Waals surface area contributed by atoms with Crippen molar-refractivity contribution in [2.24, 2.45) is 0 Å². The standard InChI is InChI=1S/C16H12IN3O3/c1-10-2-3-11(16-20-18-9-22-16)8-13(10)19-15(21)7-5-12-4-6-14(17)23-12/h2-9H,1H3,(H,19,21)/b7-5+.